The van der Waals surface area contributed by atoms with E-state index in [2.05, 4.69) is 91.9 Å². The van der Waals surface area contributed by atoms with Crippen LogP contribution in [-0.2, 0) is 5.41 Å². The van der Waals surface area contributed by atoms with Gasteiger partial charge in [0, 0.05) is 5.41 Å². The lowest BCUT2D eigenvalue weighted by molar-refractivity contribution is 0.267. The van der Waals surface area contributed by atoms with Crippen molar-refractivity contribution in [3.05, 3.63) is 96.1 Å². The minimum atomic E-state index is 0.0904. The van der Waals surface area contributed by atoms with E-state index in [1.807, 2.05) is 0 Å². The van der Waals surface area contributed by atoms with E-state index < -0.39 is 0 Å². The van der Waals surface area contributed by atoms with Gasteiger partial charge < -0.3 is 0 Å². The van der Waals surface area contributed by atoms with E-state index in [9.17, 15) is 0 Å². The Morgan fingerprint density at radius 1 is 0.613 bits per heavy atom. The number of hydrogen-bond donors (Lipinski definition) is 0. The molecule has 0 radical (unpaired) electrons. The van der Waals surface area contributed by atoms with Gasteiger partial charge in [0.25, 0.3) is 0 Å². The molecular weight excluding hydrogens is 372 g/mol. The molecular formula is C31H34. The average Bonchev–Trinajstić information content (AvgIpc) is 3.12. The molecule has 5 rings (SSSR count). The first-order valence-corrected chi connectivity index (χ1v) is 12.3. The third-order valence-electron chi connectivity index (χ3n) is 7.73. The molecule has 4 aromatic carbocycles. The quantitative estimate of drug-likeness (QED) is 0.290. The Morgan fingerprint density at radius 3 is 1.58 bits per heavy atom. The molecule has 1 aliphatic carbocycles. The van der Waals surface area contributed by atoms with Crippen molar-refractivity contribution in [2.75, 3.05) is 0 Å². The largest absolute Gasteiger partial charge is 0.0653 e. The number of hydrogen-bond acceptors (Lipinski definition) is 0. The first kappa shape index (κ1) is 20.3. The maximum absolute atomic E-state index is 2.51. The van der Waals surface area contributed by atoms with Crippen LogP contribution in [0.25, 0.3) is 21.5 Å². The number of benzene rings is 4. The summed E-state index contributed by atoms with van der Waals surface area (Å²) in [5.74, 6) is 0.706. The molecule has 0 heteroatoms. The monoisotopic (exact) mass is 406 g/mol. The van der Waals surface area contributed by atoms with Crippen molar-refractivity contribution in [1.29, 1.82) is 0 Å². The second-order valence-corrected chi connectivity index (χ2v) is 9.53. The Morgan fingerprint density at radius 2 is 1.10 bits per heavy atom. The van der Waals surface area contributed by atoms with Gasteiger partial charge in [0.1, 0.15) is 0 Å². The second-order valence-electron chi connectivity index (χ2n) is 9.53. The fourth-order valence-corrected chi connectivity index (χ4v) is 6.23. The summed E-state index contributed by atoms with van der Waals surface area (Å²) >= 11 is 0. The minimum absolute atomic E-state index is 0.0904. The minimum Gasteiger partial charge on any atom is -0.0653 e. The molecule has 0 spiro atoms. The zero-order valence-electron chi connectivity index (χ0n) is 18.8. The lowest BCUT2D eigenvalue weighted by atomic mass is 9.61. The number of rotatable bonds is 5. The van der Waals surface area contributed by atoms with Crippen molar-refractivity contribution in [1.82, 2.24) is 0 Å². The molecule has 0 bridgehead atoms. The van der Waals surface area contributed by atoms with Gasteiger partial charge in [-0.15, -0.1) is 0 Å². The van der Waals surface area contributed by atoms with Gasteiger partial charge in [-0.2, -0.15) is 0 Å². The van der Waals surface area contributed by atoms with Crippen molar-refractivity contribution < 1.29 is 0 Å². The standard InChI is InChI=1S/C31H34/c1-2-21-31(28-15-5-3-4-6-16-28,29-19-17-24-11-7-9-13-26(24)22-29)30-20-18-25-12-8-10-14-27(25)23-30/h7-14,17-20,22-23,28H,2-6,15-16,21H2,1H3. The lowest BCUT2D eigenvalue weighted by Gasteiger charge is -2.43. The van der Waals surface area contributed by atoms with Gasteiger partial charge in [-0.25, -0.2) is 0 Å². The van der Waals surface area contributed by atoms with E-state index in [1.165, 1.54) is 84.0 Å². The van der Waals surface area contributed by atoms with E-state index in [-0.39, 0.29) is 5.41 Å². The van der Waals surface area contributed by atoms with Crippen LogP contribution in [0.3, 0.4) is 0 Å². The molecule has 1 aliphatic rings. The summed E-state index contributed by atoms with van der Waals surface area (Å²) in [6.07, 6.45) is 10.7. The molecule has 0 nitrogen and oxygen atoms in total. The molecule has 158 valence electrons. The molecule has 0 aromatic heterocycles. The third-order valence-corrected chi connectivity index (χ3v) is 7.73. The van der Waals surface area contributed by atoms with Crippen LogP contribution in [0.1, 0.15) is 69.4 Å². The molecule has 4 aromatic rings. The molecule has 0 amide bonds. The first-order chi connectivity index (χ1) is 15.3. The lowest BCUT2D eigenvalue weighted by Crippen LogP contribution is -2.36. The average molecular weight is 407 g/mol. The van der Waals surface area contributed by atoms with Crippen LogP contribution < -0.4 is 0 Å². The highest BCUT2D eigenvalue weighted by Crippen LogP contribution is 2.49. The smallest absolute Gasteiger partial charge is 0.0231 e. The Balaban J connectivity index is 1.75. The zero-order chi connectivity index (χ0) is 21.1. The van der Waals surface area contributed by atoms with Crippen LogP contribution in [-0.4, -0.2) is 0 Å². The summed E-state index contributed by atoms with van der Waals surface area (Å²) in [5.41, 5.74) is 3.14. The predicted octanol–water partition coefficient (Wildman–Crippen LogP) is 9.05. The van der Waals surface area contributed by atoms with Crippen molar-refractivity contribution in [2.45, 2.75) is 63.7 Å². The molecule has 0 heterocycles. The Hall–Kier alpha value is -2.60. The molecule has 0 unspecified atom stereocenters. The van der Waals surface area contributed by atoms with Gasteiger partial charge in [-0.3, -0.25) is 0 Å². The van der Waals surface area contributed by atoms with Crippen LogP contribution >= 0.6 is 0 Å². The van der Waals surface area contributed by atoms with E-state index >= 15 is 0 Å². The van der Waals surface area contributed by atoms with Crippen molar-refractivity contribution in [3.8, 4) is 0 Å². The van der Waals surface area contributed by atoms with Crippen LogP contribution in [0.2, 0.25) is 0 Å². The predicted molar refractivity (Wildman–Crippen MR) is 135 cm³/mol. The molecule has 0 N–H and O–H groups in total. The molecule has 31 heavy (non-hydrogen) atoms. The van der Waals surface area contributed by atoms with Crippen LogP contribution in [0.4, 0.5) is 0 Å². The van der Waals surface area contributed by atoms with E-state index in [4.69, 9.17) is 0 Å². The highest BCUT2D eigenvalue weighted by atomic mass is 14.4. The summed E-state index contributed by atoms with van der Waals surface area (Å²) in [4.78, 5) is 0. The number of fused-ring (bicyclic) bond motifs is 2. The topological polar surface area (TPSA) is 0 Å². The summed E-state index contributed by atoms with van der Waals surface area (Å²) in [7, 11) is 0. The molecule has 1 fully saturated rings. The summed E-state index contributed by atoms with van der Waals surface area (Å²) in [6, 6.07) is 32.3. The molecule has 1 saturated carbocycles. The zero-order valence-corrected chi connectivity index (χ0v) is 18.8. The van der Waals surface area contributed by atoms with Crippen LogP contribution in [0, 0.1) is 5.92 Å². The Kier molecular flexibility index (Phi) is 5.81. The van der Waals surface area contributed by atoms with Gasteiger partial charge in [-0.1, -0.05) is 124 Å². The van der Waals surface area contributed by atoms with Crippen molar-refractivity contribution in [3.63, 3.8) is 0 Å². The molecule has 0 atom stereocenters. The van der Waals surface area contributed by atoms with E-state index in [0.29, 0.717) is 5.92 Å². The Bertz CT molecular complexity index is 1080. The fourth-order valence-electron chi connectivity index (χ4n) is 6.23. The highest BCUT2D eigenvalue weighted by molar-refractivity contribution is 5.85. The van der Waals surface area contributed by atoms with Crippen molar-refractivity contribution in [2.24, 2.45) is 5.92 Å². The summed E-state index contributed by atoms with van der Waals surface area (Å²) in [5, 5.41) is 5.43. The summed E-state index contributed by atoms with van der Waals surface area (Å²) < 4.78 is 0. The van der Waals surface area contributed by atoms with Crippen molar-refractivity contribution >= 4 is 21.5 Å². The van der Waals surface area contributed by atoms with Gasteiger partial charge in [-0.05, 0) is 57.9 Å². The van der Waals surface area contributed by atoms with Gasteiger partial charge in [0.05, 0.1) is 0 Å². The maximum atomic E-state index is 2.51. The van der Waals surface area contributed by atoms with Gasteiger partial charge in [0.15, 0.2) is 0 Å². The molecule has 0 saturated heterocycles. The third kappa shape index (κ3) is 3.78. The normalized spacial score (nSPS) is 15.9. The molecule has 0 aliphatic heterocycles. The van der Waals surface area contributed by atoms with Crippen LogP contribution in [0.15, 0.2) is 84.9 Å². The van der Waals surface area contributed by atoms with Gasteiger partial charge >= 0.3 is 0 Å². The van der Waals surface area contributed by atoms with Crippen LogP contribution in [0.5, 0.6) is 0 Å². The maximum Gasteiger partial charge on any atom is 0.0231 e. The first-order valence-electron chi connectivity index (χ1n) is 12.3. The van der Waals surface area contributed by atoms with E-state index in [0.717, 1.165) is 0 Å². The van der Waals surface area contributed by atoms with E-state index in [1.54, 1.807) is 0 Å². The van der Waals surface area contributed by atoms with Gasteiger partial charge in [0.2, 0.25) is 0 Å². The highest BCUT2D eigenvalue weighted by Gasteiger charge is 2.41. The SMILES string of the molecule is CCCC(c1ccc2ccccc2c1)(c1ccc2ccccc2c1)C1CCCCCC1. The fraction of sp³-hybridized carbons (Fsp3) is 0.355. The second kappa shape index (κ2) is 8.87. The Labute approximate surface area is 187 Å². The summed E-state index contributed by atoms with van der Waals surface area (Å²) in [6.45, 7) is 2.37.